The van der Waals surface area contributed by atoms with E-state index in [0.717, 1.165) is 11.1 Å². The Kier molecular flexibility index (Phi) is 8.26. The summed E-state index contributed by atoms with van der Waals surface area (Å²) >= 11 is 0. The van der Waals surface area contributed by atoms with Gasteiger partial charge in [0.15, 0.2) is 6.61 Å². The summed E-state index contributed by atoms with van der Waals surface area (Å²) in [4.78, 5) is 27.8. The van der Waals surface area contributed by atoms with Crippen LogP contribution in [0.5, 0.6) is 11.5 Å². The van der Waals surface area contributed by atoms with Crippen molar-refractivity contribution >= 4 is 11.8 Å². The lowest BCUT2D eigenvalue weighted by Gasteiger charge is -2.31. The van der Waals surface area contributed by atoms with E-state index < -0.39 is 6.04 Å². The van der Waals surface area contributed by atoms with Gasteiger partial charge in [-0.3, -0.25) is 9.59 Å². The Morgan fingerprint density at radius 3 is 2.16 bits per heavy atom. The van der Waals surface area contributed by atoms with E-state index in [4.69, 9.17) is 9.47 Å². The predicted octanol–water partition coefficient (Wildman–Crippen LogP) is 3.46. The van der Waals surface area contributed by atoms with Crippen molar-refractivity contribution < 1.29 is 19.1 Å². The third-order valence-corrected chi connectivity index (χ3v) is 5.11. The third kappa shape index (κ3) is 6.35. The maximum Gasteiger partial charge on any atom is 0.261 e. The van der Waals surface area contributed by atoms with E-state index in [1.54, 1.807) is 31.2 Å². The molecule has 6 heteroatoms. The Morgan fingerprint density at radius 1 is 0.875 bits per heavy atom. The molecular weight excluding hydrogens is 404 g/mol. The summed E-state index contributed by atoms with van der Waals surface area (Å²) in [5.74, 6) is 0.780. The maximum absolute atomic E-state index is 13.3. The predicted molar refractivity (Wildman–Crippen MR) is 123 cm³/mol. The number of carbonyl (C=O) groups is 2. The molecule has 166 valence electrons. The molecule has 6 nitrogen and oxygen atoms in total. The maximum atomic E-state index is 13.3. The van der Waals surface area contributed by atoms with Crippen molar-refractivity contribution in [1.82, 2.24) is 10.2 Å². The zero-order valence-corrected chi connectivity index (χ0v) is 18.4. The minimum absolute atomic E-state index is 0.170. The van der Waals surface area contributed by atoms with Crippen molar-refractivity contribution in [3.05, 3.63) is 96.1 Å². The number of para-hydroxylation sites is 1. The van der Waals surface area contributed by atoms with Crippen LogP contribution in [0.2, 0.25) is 0 Å². The smallest absolute Gasteiger partial charge is 0.261 e. The highest BCUT2D eigenvalue weighted by Gasteiger charge is 2.30. The lowest BCUT2D eigenvalue weighted by Crippen LogP contribution is -2.51. The topological polar surface area (TPSA) is 67.9 Å². The molecule has 2 amide bonds. The van der Waals surface area contributed by atoms with Gasteiger partial charge in [0.1, 0.15) is 17.5 Å². The molecule has 0 unspecified atom stereocenters. The Hall–Kier alpha value is -3.80. The molecule has 0 radical (unpaired) electrons. The normalized spacial score (nSPS) is 11.3. The molecule has 1 atom stereocenters. The number of amides is 2. The number of nitrogens with one attached hydrogen (secondary N) is 1. The van der Waals surface area contributed by atoms with E-state index in [1.165, 1.54) is 0 Å². The average molecular weight is 433 g/mol. The van der Waals surface area contributed by atoms with Gasteiger partial charge in [0.2, 0.25) is 5.91 Å². The Balaban J connectivity index is 1.88. The molecule has 32 heavy (non-hydrogen) atoms. The molecule has 3 rings (SSSR count). The summed E-state index contributed by atoms with van der Waals surface area (Å²) in [5.41, 5.74) is 1.83. The molecule has 0 aromatic heterocycles. The van der Waals surface area contributed by atoms with Crippen molar-refractivity contribution in [1.29, 1.82) is 0 Å². The molecule has 0 aliphatic heterocycles. The van der Waals surface area contributed by atoms with Crippen LogP contribution < -0.4 is 14.8 Å². The highest BCUT2D eigenvalue weighted by Crippen LogP contribution is 2.19. The molecule has 0 aliphatic rings. The fourth-order valence-corrected chi connectivity index (χ4v) is 3.43. The third-order valence-electron chi connectivity index (χ3n) is 5.11. The van der Waals surface area contributed by atoms with Crippen LogP contribution >= 0.6 is 0 Å². The highest BCUT2D eigenvalue weighted by molar-refractivity contribution is 5.88. The van der Waals surface area contributed by atoms with Gasteiger partial charge in [0.05, 0.1) is 7.11 Å². The number of likely N-dealkylation sites (N-methyl/N-ethyl adjacent to an activating group) is 1. The standard InChI is InChI=1S/C26H28N2O4/c1-27-26(30)24(17-20-10-5-3-6-11-20)28(18-21-12-9-15-23(16-21)31-2)25(29)19-32-22-13-7-4-8-14-22/h3-16,24H,17-19H2,1-2H3,(H,27,30)/t24-/m0/s1. The van der Waals surface area contributed by atoms with Gasteiger partial charge in [-0.05, 0) is 35.4 Å². The zero-order valence-electron chi connectivity index (χ0n) is 18.4. The SMILES string of the molecule is CNC(=O)[C@H](Cc1ccccc1)N(Cc1cccc(OC)c1)C(=O)COc1ccccc1. The summed E-state index contributed by atoms with van der Waals surface area (Å²) in [6.45, 7) is 0.0787. The summed E-state index contributed by atoms with van der Waals surface area (Å²) < 4.78 is 11.0. The Morgan fingerprint density at radius 2 is 1.50 bits per heavy atom. The molecule has 0 heterocycles. The number of hydrogen-bond acceptors (Lipinski definition) is 4. The van der Waals surface area contributed by atoms with Gasteiger partial charge in [-0.25, -0.2) is 0 Å². The van der Waals surface area contributed by atoms with Gasteiger partial charge in [0.25, 0.3) is 5.91 Å². The van der Waals surface area contributed by atoms with Crippen molar-refractivity contribution in [3.63, 3.8) is 0 Å². The lowest BCUT2D eigenvalue weighted by molar-refractivity contribution is -0.142. The first-order valence-corrected chi connectivity index (χ1v) is 10.5. The number of nitrogens with zero attached hydrogens (tertiary/aromatic N) is 1. The number of carbonyl (C=O) groups excluding carboxylic acids is 2. The first-order valence-electron chi connectivity index (χ1n) is 10.5. The van der Waals surface area contributed by atoms with Gasteiger partial charge in [-0.2, -0.15) is 0 Å². The molecule has 0 saturated heterocycles. The van der Waals surface area contributed by atoms with E-state index in [-0.39, 0.29) is 25.0 Å². The van der Waals surface area contributed by atoms with E-state index in [1.807, 2.05) is 72.8 Å². The van der Waals surface area contributed by atoms with Crippen LogP contribution in [0.3, 0.4) is 0 Å². The molecule has 0 saturated carbocycles. The number of hydrogen-bond donors (Lipinski definition) is 1. The number of methoxy groups -OCH3 is 1. The molecule has 0 fully saturated rings. The molecule has 3 aromatic rings. The summed E-state index contributed by atoms with van der Waals surface area (Å²) in [6.07, 6.45) is 0.390. The van der Waals surface area contributed by atoms with Crippen LogP contribution in [0, 0.1) is 0 Å². The molecule has 0 bridgehead atoms. The summed E-state index contributed by atoms with van der Waals surface area (Å²) in [7, 11) is 3.17. The Bertz CT molecular complexity index is 1010. The van der Waals surface area contributed by atoms with Crippen molar-refractivity contribution in [2.24, 2.45) is 0 Å². The quantitative estimate of drug-likeness (QED) is 0.533. The van der Waals surface area contributed by atoms with E-state index in [0.29, 0.717) is 17.9 Å². The second-order valence-corrected chi connectivity index (χ2v) is 7.29. The zero-order chi connectivity index (χ0) is 22.8. The fourth-order valence-electron chi connectivity index (χ4n) is 3.43. The van der Waals surface area contributed by atoms with Gasteiger partial charge in [-0.1, -0.05) is 60.7 Å². The van der Waals surface area contributed by atoms with E-state index in [2.05, 4.69) is 5.32 Å². The summed E-state index contributed by atoms with van der Waals surface area (Å²) in [6, 6.07) is 25.6. The molecule has 1 N–H and O–H groups in total. The van der Waals surface area contributed by atoms with E-state index >= 15 is 0 Å². The molecule has 0 aliphatic carbocycles. The van der Waals surface area contributed by atoms with Gasteiger partial charge in [0, 0.05) is 20.0 Å². The number of rotatable bonds is 10. The van der Waals surface area contributed by atoms with Crippen molar-refractivity contribution in [2.45, 2.75) is 19.0 Å². The minimum Gasteiger partial charge on any atom is -0.497 e. The fraction of sp³-hybridized carbons (Fsp3) is 0.231. The van der Waals surface area contributed by atoms with Crippen molar-refractivity contribution in [2.75, 3.05) is 20.8 Å². The van der Waals surface area contributed by atoms with Crippen LogP contribution in [0.1, 0.15) is 11.1 Å². The number of ether oxygens (including phenoxy) is 2. The summed E-state index contributed by atoms with van der Waals surface area (Å²) in [5, 5.41) is 2.70. The number of benzene rings is 3. The van der Waals surface area contributed by atoms with Crippen LogP contribution in [0.4, 0.5) is 0 Å². The first-order chi connectivity index (χ1) is 15.6. The van der Waals surface area contributed by atoms with Gasteiger partial charge >= 0.3 is 0 Å². The molecule has 3 aromatic carbocycles. The van der Waals surface area contributed by atoms with E-state index in [9.17, 15) is 9.59 Å². The van der Waals surface area contributed by atoms with Crippen LogP contribution in [0.15, 0.2) is 84.9 Å². The minimum atomic E-state index is -0.694. The second-order valence-electron chi connectivity index (χ2n) is 7.29. The molecule has 0 spiro atoms. The van der Waals surface area contributed by atoms with Gasteiger partial charge in [-0.15, -0.1) is 0 Å². The van der Waals surface area contributed by atoms with Gasteiger partial charge < -0.3 is 19.7 Å². The van der Waals surface area contributed by atoms with Crippen molar-refractivity contribution in [3.8, 4) is 11.5 Å². The second kappa shape index (κ2) is 11.6. The van der Waals surface area contributed by atoms with Crippen LogP contribution in [-0.2, 0) is 22.6 Å². The monoisotopic (exact) mass is 432 g/mol. The first kappa shape index (κ1) is 22.9. The lowest BCUT2D eigenvalue weighted by atomic mass is 10.0. The Labute approximate surface area is 188 Å². The largest absolute Gasteiger partial charge is 0.497 e. The van der Waals surface area contributed by atoms with Crippen LogP contribution in [-0.4, -0.2) is 43.5 Å². The molecular formula is C26H28N2O4. The average Bonchev–Trinajstić information content (AvgIpc) is 2.85. The van der Waals surface area contributed by atoms with Crippen LogP contribution in [0.25, 0.3) is 0 Å². The highest BCUT2D eigenvalue weighted by atomic mass is 16.5.